The molecule has 0 aliphatic carbocycles. The van der Waals surface area contributed by atoms with E-state index in [1.165, 1.54) is 0 Å². The van der Waals surface area contributed by atoms with Crippen LogP contribution in [0.25, 0.3) is 0 Å². The molecule has 1 atom stereocenters. The van der Waals surface area contributed by atoms with Crippen LogP contribution in [0.1, 0.15) is 6.42 Å². The fraction of sp³-hybridized carbons (Fsp3) is 0.500. The quantitative estimate of drug-likeness (QED) is 0.440. The number of carboxylic acids is 1. The summed E-state index contributed by atoms with van der Waals surface area (Å²) in [5, 5.41) is 24.1. The number of aliphatic carboxylic acids is 1. The molecule has 0 bridgehead atoms. The highest BCUT2D eigenvalue weighted by Gasteiger charge is 2.08. The van der Waals surface area contributed by atoms with Gasteiger partial charge in [-0.05, 0) is 0 Å². The van der Waals surface area contributed by atoms with E-state index < -0.39 is 18.4 Å². The van der Waals surface area contributed by atoms with Crippen molar-refractivity contribution in [1.29, 1.82) is 5.26 Å². The zero-order valence-electron chi connectivity index (χ0n) is 4.53. The predicted octanol–water partition coefficient (Wildman–Crippen LogP) is -0.668. The van der Waals surface area contributed by atoms with Crippen molar-refractivity contribution in [2.24, 2.45) is 0 Å². The van der Waals surface area contributed by atoms with Gasteiger partial charge in [0.1, 0.15) is 6.04 Å². The van der Waals surface area contributed by atoms with Gasteiger partial charge in [0.2, 0.25) is 0 Å². The van der Waals surface area contributed by atoms with Crippen molar-refractivity contribution in [2.45, 2.75) is 12.5 Å². The van der Waals surface area contributed by atoms with E-state index in [0.717, 1.165) is 0 Å². The Bertz CT molecular complexity index is 139. The maximum Gasteiger partial charge on any atom is 0.306 e. The van der Waals surface area contributed by atoms with Crippen LogP contribution in [0, 0.1) is 11.3 Å². The summed E-state index contributed by atoms with van der Waals surface area (Å²) in [6, 6.07) is 0.530. The second-order valence-electron chi connectivity index (χ2n) is 1.41. The van der Waals surface area contributed by atoms with Crippen LogP contribution >= 0.6 is 0 Å². The summed E-state index contributed by atoms with van der Waals surface area (Å²) in [7, 11) is 0. The minimum Gasteiger partial charge on any atom is -0.481 e. The molecule has 9 heavy (non-hydrogen) atoms. The molecule has 0 aliphatic heterocycles. The Hall–Kier alpha value is -1.12. The molecule has 0 unspecified atom stereocenters. The molecule has 0 amide bonds. The Kier molecular flexibility index (Phi) is 3.35. The van der Waals surface area contributed by atoms with Gasteiger partial charge in [-0.25, -0.2) is 0 Å². The lowest BCUT2D eigenvalue weighted by molar-refractivity contribution is -0.137. The van der Waals surface area contributed by atoms with Crippen molar-refractivity contribution in [3.8, 4) is 6.07 Å². The van der Waals surface area contributed by atoms with Crippen molar-refractivity contribution in [3.63, 3.8) is 0 Å². The van der Waals surface area contributed by atoms with E-state index >= 15 is 0 Å². The van der Waals surface area contributed by atoms with Gasteiger partial charge in [-0.2, -0.15) is 10.7 Å². The van der Waals surface area contributed by atoms with E-state index in [4.69, 9.17) is 15.6 Å². The predicted molar refractivity (Wildman–Crippen MR) is 26.6 cm³/mol. The van der Waals surface area contributed by atoms with E-state index in [1.54, 1.807) is 11.5 Å². The number of hydrogen-bond donors (Lipinski definition) is 3. The normalized spacial score (nSPS) is 12.0. The third-order valence-corrected chi connectivity index (χ3v) is 0.690. The van der Waals surface area contributed by atoms with Crippen LogP contribution in [-0.2, 0) is 4.79 Å². The summed E-state index contributed by atoms with van der Waals surface area (Å²) in [6.45, 7) is 0. The molecule has 0 aromatic rings. The monoisotopic (exact) mass is 130 g/mol. The number of hydrogen-bond acceptors (Lipinski definition) is 4. The van der Waals surface area contributed by atoms with Gasteiger partial charge in [0, 0.05) is 0 Å². The second kappa shape index (κ2) is 3.83. The summed E-state index contributed by atoms with van der Waals surface area (Å²) in [5.41, 5.74) is 1.54. The third-order valence-electron chi connectivity index (χ3n) is 0.690. The lowest BCUT2D eigenvalue weighted by atomic mass is 10.2. The van der Waals surface area contributed by atoms with E-state index in [0.29, 0.717) is 0 Å². The van der Waals surface area contributed by atoms with Gasteiger partial charge in [0.25, 0.3) is 0 Å². The molecule has 0 heterocycles. The Balaban J connectivity index is 3.60. The topological polar surface area (TPSA) is 93.4 Å². The molecule has 0 radical (unpaired) electrons. The fourth-order valence-corrected chi connectivity index (χ4v) is 0.295. The molecule has 0 fully saturated rings. The zero-order chi connectivity index (χ0) is 7.28. The zero-order valence-corrected chi connectivity index (χ0v) is 4.53. The number of carboxylic acid groups (broad SMARTS) is 1. The molecule has 0 aromatic carbocycles. The van der Waals surface area contributed by atoms with Gasteiger partial charge in [-0.15, -0.1) is 0 Å². The largest absolute Gasteiger partial charge is 0.481 e. The van der Waals surface area contributed by atoms with Crippen LogP contribution in [-0.4, -0.2) is 22.3 Å². The average molecular weight is 130 g/mol. The molecular weight excluding hydrogens is 124 g/mol. The maximum absolute atomic E-state index is 9.83. The van der Waals surface area contributed by atoms with E-state index in [-0.39, 0.29) is 0 Å². The van der Waals surface area contributed by atoms with E-state index in [2.05, 4.69) is 0 Å². The summed E-state index contributed by atoms with van der Waals surface area (Å²) >= 11 is 0. The number of nitriles is 1. The molecule has 3 N–H and O–H groups in total. The molecule has 0 aromatic heterocycles. The number of carbonyl (C=O) groups is 1. The minimum atomic E-state index is -1.12. The van der Waals surface area contributed by atoms with Crippen LogP contribution < -0.4 is 5.48 Å². The van der Waals surface area contributed by atoms with Crippen molar-refractivity contribution in [2.75, 3.05) is 0 Å². The highest BCUT2D eigenvalue weighted by Crippen LogP contribution is 1.86. The number of nitrogens with one attached hydrogen (secondary N) is 1. The third kappa shape index (κ3) is 3.46. The lowest BCUT2D eigenvalue weighted by Crippen LogP contribution is -2.26. The fourth-order valence-electron chi connectivity index (χ4n) is 0.295. The summed E-state index contributed by atoms with van der Waals surface area (Å²) < 4.78 is 0. The Labute approximate surface area is 51.5 Å². The van der Waals surface area contributed by atoms with Crippen molar-refractivity contribution in [1.82, 2.24) is 5.48 Å². The Morgan fingerprint density at radius 2 is 2.44 bits per heavy atom. The molecular formula is C4H6N2O3. The molecule has 5 heteroatoms. The van der Waals surface area contributed by atoms with E-state index in [1.807, 2.05) is 0 Å². The van der Waals surface area contributed by atoms with E-state index in [9.17, 15) is 4.79 Å². The van der Waals surface area contributed by atoms with Gasteiger partial charge in [-0.1, -0.05) is 0 Å². The highest BCUT2D eigenvalue weighted by molar-refractivity contribution is 5.68. The standard InChI is InChI=1S/C4H6N2O3/c5-2-3(6-9)1-4(7)8/h3,6,9H,1H2,(H,7,8)/t3-/m0/s1. The number of rotatable bonds is 3. The smallest absolute Gasteiger partial charge is 0.306 e. The van der Waals surface area contributed by atoms with Crippen LogP contribution in [0.2, 0.25) is 0 Å². The first-order valence-electron chi connectivity index (χ1n) is 2.21. The van der Waals surface area contributed by atoms with Gasteiger partial charge < -0.3 is 10.3 Å². The molecule has 50 valence electrons. The average Bonchev–Trinajstić information content (AvgIpc) is 1.82. The molecule has 0 saturated carbocycles. The summed E-state index contributed by atoms with van der Waals surface area (Å²) in [4.78, 5) is 9.83. The molecule has 5 nitrogen and oxygen atoms in total. The summed E-state index contributed by atoms with van der Waals surface area (Å²) in [6.07, 6.45) is -0.396. The molecule has 0 rings (SSSR count). The van der Waals surface area contributed by atoms with Crippen LogP contribution in [0.4, 0.5) is 0 Å². The second-order valence-corrected chi connectivity index (χ2v) is 1.41. The van der Waals surface area contributed by atoms with Crippen molar-refractivity contribution in [3.05, 3.63) is 0 Å². The Morgan fingerprint density at radius 3 is 2.56 bits per heavy atom. The first kappa shape index (κ1) is 7.88. The maximum atomic E-state index is 9.83. The molecule has 0 spiro atoms. The first-order valence-corrected chi connectivity index (χ1v) is 2.21. The minimum absolute atomic E-state index is 0.396. The molecule has 0 aliphatic rings. The van der Waals surface area contributed by atoms with Gasteiger partial charge in [0.05, 0.1) is 12.5 Å². The molecule has 0 saturated heterocycles. The summed E-state index contributed by atoms with van der Waals surface area (Å²) in [5.74, 6) is -1.12. The first-order chi connectivity index (χ1) is 4.20. The number of nitrogens with zero attached hydrogens (tertiary/aromatic N) is 1. The van der Waals surface area contributed by atoms with Gasteiger partial charge in [0.15, 0.2) is 0 Å². The van der Waals surface area contributed by atoms with Crippen LogP contribution in [0.5, 0.6) is 0 Å². The van der Waals surface area contributed by atoms with Crippen molar-refractivity contribution < 1.29 is 15.1 Å². The van der Waals surface area contributed by atoms with Crippen LogP contribution in [0.3, 0.4) is 0 Å². The highest BCUT2D eigenvalue weighted by atomic mass is 16.5. The lowest BCUT2D eigenvalue weighted by Gasteiger charge is -1.99. The van der Waals surface area contributed by atoms with Crippen LogP contribution in [0.15, 0.2) is 0 Å². The van der Waals surface area contributed by atoms with Gasteiger partial charge >= 0.3 is 5.97 Å². The Morgan fingerprint density at radius 1 is 1.89 bits per heavy atom. The van der Waals surface area contributed by atoms with Crippen molar-refractivity contribution >= 4 is 5.97 Å². The van der Waals surface area contributed by atoms with Gasteiger partial charge in [-0.3, -0.25) is 4.79 Å². The number of hydroxylamine groups is 1. The SMILES string of the molecule is N#C[C@H](CC(=O)O)NO.